The zero-order chi connectivity index (χ0) is 22.6. The van der Waals surface area contributed by atoms with E-state index in [0.717, 1.165) is 6.07 Å². The van der Waals surface area contributed by atoms with Crippen LogP contribution in [0.25, 0.3) is 11.3 Å². The predicted molar refractivity (Wildman–Crippen MR) is 99.6 cm³/mol. The van der Waals surface area contributed by atoms with Gasteiger partial charge in [-0.2, -0.15) is 32.1 Å². The molecule has 0 fully saturated rings. The number of nitrogens with one attached hydrogen (secondary N) is 2. The van der Waals surface area contributed by atoms with Crippen LogP contribution >= 0.6 is 0 Å². The van der Waals surface area contributed by atoms with Crippen molar-refractivity contribution < 1.29 is 31.5 Å². The molecule has 12 heteroatoms. The maximum atomic E-state index is 12.7. The van der Waals surface area contributed by atoms with Gasteiger partial charge >= 0.3 is 12.8 Å². The van der Waals surface area contributed by atoms with E-state index in [4.69, 9.17) is 0 Å². The second kappa shape index (κ2) is 9.14. The molecule has 2 aromatic heterocycles. The minimum atomic E-state index is -4.50. The zero-order valence-corrected chi connectivity index (χ0v) is 16.2. The van der Waals surface area contributed by atoms with Gasteiger partial charge in [-0.15, -0.1) is 0 Å². The summed E-state index contributed by atoms with van der Waals surface area (Å²) in [6.45, 7) is -0.966. The molecule has 166 valence electrons. The molecule has 0 saturated heterocycles. The normalized spacial score (nSPS) is 11.7. The van der Waals surface area contributed by atoms with Crippen molar-refractivity contribution in [3.8, 4) is 17.0 Å². The van der Waals surface area contributed by atoms with Crippen LogP contribution in [0.5, 0.6) is 5.75 Å². The van der Waals surface area contributed by atoms with Crippen LogP contribution in [-0.4, -0.2) is 39.0 Å². The molecule has 3 aromatic rings. The highest BCUT2D eigenvalue weighted by molar-refractivity contribution is 5.93. The summed E-state index contributed by atoms with van der Waals surface area (Å²) >= 11 is 0. The molecule has 2 N–H and O–H groups in total. The van der Waals surface area contributed by atoms with Crippen molar-refractivity contribution in [2.45, 2.75) is 32.7 Å². The Morgan fingerprint density at radius 2 is 1.94 bits per heavy atom. The Balaban J connectivity index is 1.51. The fourth-order valence-electron chi connectivity index (χ4n) is 2.79. The number of hydrogen-bond acceptors (Lipinski definition) is 4. The molecule has 2 heterocycles. The van der Waals surface area contributed by atoms with Gasteiger partial charge in [-0.3, -0.25) is 14.6 Å². The van der Waals surface area contributed by atoms with Crippen LogP contribution in [0.3, 0.4) is 0 Å². The van der Waals surface area contributed by atoms with Gasteiger partial charge in [0.1, 0.15) is 11.4 Å². The molecule has 0 bridgehead atoms. The number of aromatic amines is 1. The van der Waals surface area contributed by atoms with Crippen LogP contribution in [0, 0.1) is 6.92 Å². The first-order chi connectivity index (χ1) is 14.6. The summed E-state index contributed by atoms with van der Waals surface area (Å²) in [5, 5.41) is 12.8. The molecule has 0 unspecified atom stereocenters. The van der Waals surface area contributed by atoms with Gasteiger partial charge in [0.2, 0.25) is 0 Å². The van der Waals surface area contributed by atoms with Gasteiger partial charge in [0, 0.05) is 24.3 Å². The number of aryl methyl sites for hydroxylation is 2. The lowest BCUT2D eigenvalue weighted by Crippen LogP contribution is -2.25. The Labute approximate surface area is 173 Å². The Morgan fingerprint density at radius 1 is 1.23 bits per heavy atom. The SMILES string of the molecule is Cc1cc(C(F)(F)F)nn1CCCNC(=O)c1cc(-c2ccc(OC(F)F)cc2)n[nH]1. The maximum absolute atomic E-state index is 12.7. The average molecular weight is 443 g/mol. The number of hydrogen-bond donors (Lipinski definition) is 2. The summed E-state index contributed by atoms with van der Waals surface area (Å²) in [6.07, 6.45) is -4.13. The molecule has 0 atom stereocenters. The van der Waals surface area contributed by atoms with E-state index in [1.54, 1.807) is 0 Å². The molecule has 0 aliphatic heterocycles. The number of alkyl halides is 5. The number of halogens is 5. The first-order valence-corrected chi connectivity index (χ1v) is 9.14. The van der Waals surface area contributed by atoms with Crippen molar-refractivity contribution >= 4 is 5.91 Å². The number of aromatic nitrogens is 4. The molecule has 3 rings (SSSR count). The lowest BCUT2D eigenvalue weighted by atomic mass is 10.1. The molecule has 0 aliphatic rings. The van der Waals surface area contributed by atoms with Crippen LogP contribution in [0.4, 0.5) is 22.0 Å². The fraction of sp³-hybridized carbons (Fsp3) is 0.316. The van der Waals surface area contributed by atoms with E-state index in [0.29, 0.717) is 23.4 Å². The molecule has 0 radical (unpaired) electrons. The number of ether oxygens (including phenoxy) is 1. The van der Waals surface area contributed by atoms with Crippen LogP contribution in [0.1, 0.15) is 28.3 Å². The third kappa shape index (κ3) is 5.80. The number of H-pyrrole nitrogens is 1. The summed E-state index contributed by atoms with van der Waals surface area (Å²) in [5.74, 6) is -0.438. The minimum Gasteiger partial charge on any atom is -0.435 e. The van der Waals surface area contributed by atoms with Gasteiger partial charge in [0.15, 0.2) is 5.69 Å². The third-order valence-electron chi connectivity index (χ3n) is 4.30. The molecular formula is C19H18F5N5O2. The van der Waals surface area contributed by atoms with Crippen molar-refractivity contribution in [3.05, 3.63) is 53.5 Å². The van der Waals surface area contributed by atoms with Crippen LogP contribution in [0.15, 0.2) is 36.4 Å². The van der Waals surface area contributed by atoms with Gasteiger partial charge in [0.05, 0.1) is 5.69 Å². The largest absolute Gasteiger partial charge is 0.435 e. The van der Waals surface area contributed by atoms with Crippen molar-refractivity contribution in [3.63, 3.8) is 0 Å². The van der Waals surface area contributed by atoms with E-state index < -0.39 is 24.4 Å². The smallest absolute Gasteiger partial charge is 0.435 e. The maximum Gasteiger partial charge on any atom is 0.435 e. The lowest BCUT2D eigenvalue weighted by Gasteiger charge is -2.06. The topological polar surface area (TPSA) is 84.8 Å². The van der Waals surface area contributed by atoms with Crippen LogP contribution in [-0.2, 0) is 12.7 Å². The quantitative estimate of drug-likeness (QED) is 0.407. The highest BCUT2D eigenvalue weighted by Crippen LogP contribution is 2.28. The zero-order valence-electron chi connectivity index (χ0n) is 16.2. The Kier molecular flexibility index (Phi) is 6.56. The number of rotatable bonds is 8. The Morgan fingerprint density at radius 3 is 2.55 bits per heavy atom. The molecule has 0 saturated carbocycles. The van der Waals surface area contributed by atoms with E-state index >= 15 is 0 Å². The van der Waals surface area contributed by atoms with Gasteiger partial charge < -0.3 is 10.1 Å². The first-order valence-electron chi connectivity index (χ1n) is 9.14. The highest BCUT2D eigenvalue weighted by Gasteiger charge is 2.34. The third-order valence-corrected chi connectivity index (χ3v) is 4.30. The lowest BCUT2D eigenvalue weighted by molar-refractivity contribution is -0.141. The molecule has 0 spiro atoms. The average Bonchev–Trinajstić information content (AvgIpc) is 3.32. The van der Waals surface area contributed by atoms with E-state index in [2.05, 4.69) is 25.3 Å². The number of benzene rings is 1. The van der Waals surface area contributed by atoms with Gasteiger partial charge in [-0.05, 0) is 49.7 Å². The molecule has 7 nitrogen and oxygen atoms in total. The first kappa shape index (κ1) is 22.2. The van der Waals surface area contributed by atoms with Gasteiger partial charge in [-0.1, -0.05) is 0 Å². The number of carbonyl (C=O) groups is 1. The summed E-state index contributed by atoms with van der Waals surface area (Å²) in [6, 6.07) is 8.23. The Hall–Kier alpha value is -3.44. The monoisotopic (exact) mass is 443 g/mol. The molecular weight excluding hydrogens is 425 g/mol. The highest BCUT2D eigenvalue weighted by atomic mass is 19.4. The predicted octanol–water partition coefficient (Wildman–Crippen LogP) is 4.02. The summed E-state index contributed by atoms with van der Waals surface area (Å²) in [7, 11) is 0. The van der Waals surface area contributed by atoms with Crippen molar-refractivity contribution in [2.75, 3.05) is 6.54 Å². The van der Waals surface area contributed by atoms with E-state index in [-0.39, 0.29) is 24.5 Å². The molecule has 1 amide bonds. The van der Waals surface area contributed by atoms with E-state index in [9.17, 15) is 26.7 Å². The second-order valence-corrected chi connectivity index (χ2v) is 6.57. The fourth-order valence-corrected chi connectivity index (χ4v) is 2.79. The Bertz CT molecular complexity index is 1030. The van der Waals surface area contributed by atoms with Crippen molar-refractivity contribution in [1.29, 1.82) is 0 Å². The van der Waals surface area contributed by atoms with Crippen LogP contribution in [0.2, 0.25) is 0 Å². The molecule has 1 aromatic carbocycles. The van der Waals surface area contributed by atoms with Crippen molar-refractivity contribution in [1.82, 2.24) is 25.3 Å². The number of nitrogens with zero attached hydrogens (tertiary/aromatic N) is 3. The number of carbonyl (C=O) groups excluding carboxylic acids is 1. The van der Waals surface area contributed by atoms with Crippen LogP contribution < -0.4 is 10.1 Å². The summed E-state index contributed by atoms with van der Waals surface area (Å²) in [4.78, 5) is 12.2. The van der Waals surface area contributed by atoms with Gasteiger partial charge in [-0.25, -0.2) is 0 Å². The second-order valence-electron chi connectivity index (χ2n) is 6.57. The summed E-state index contributed by atoms with van der Waals surface area (Å²) in [5.41, 5.74) is 0.624. The minimum absolute atomic E-state index is 0.00188. The van der Waals surface area contributed by atoms with Crippen molar-refractivity contribution in [2.24, 2.45) is 0 Å². The number of amides is 1. The molecule has 31 heavy (non-hydrogen) atoms. The van der Waals surface area contributed by atoms with E-state index in [1.165, 1.54) is 41.9 Å². The summed E-state index contributed by atoms with van der Waals surface area (Å²) < 4.78 is 67.9. The van der Waals surface area contributed by atoms with E-state index in [1.807, 2.05) is 0 Å². The standard InChI is InChI=1S/C19H18F5N5O2/c1-11-9-16(19(22,23)24)28-29(11)8-2-7-25-17(30)15-10-14(26-27-15)12-3-5-13(6-4-12)31-18(20)21/h3-6,9-10,18H,2,7-8H2,1H3,(H,25,30)(H,26,27). The molecule has 0 aliphatic carbocycles. The van der Waals surface area contributed by atoms with Gasteiger partial charge in [0.25, 0.3) is 5.91 Å².